The van der Waals surface area contributed by atoms with Crippen molar-refractivity contribution < 1.29 is 9.53 Å². The van der Waals surface area contributed by atoms with Crippen LogP contribution in [0.15, 0.2) is 17.6 Å². The van der Waals surface area contributed by atoms with E-state index in [-0.39, 0.29) is 0 Å². The monoisotopic (exact) mass is 364 g/mol. The van der Waals surface area contributed by atoms with E-state index in [2.05, 4.69) is 14.9 Å². The molecule has 1 atom stereocenters. The van der Waals surface area contributed by atoms with E-state index in [1.165, 1.54) is 0 Å². The van der Waals surface area contributed by atoms with Gasteiger partial charge in [0.05, 0.1) is 0 Å². The van der Waals surface area contributed by atoms with Crippen molar-refractivity contribution in [2.45, 2.75) is 37.4 Å². The van der Waals surface area contributed by atoms with Gasteiger partial charge in [-0.3, -0.25) is 9.69 Å². The van der Waals surface area contributed by atoms with Gasteiger partial charge in [0.15, 0.2) is 5.16 Å². The molecule has 0 spiro atoms. The summed E-state index contributed by atoms with van der Waals surface area (Å²) in [5.74, 6) is 0.706. The van der Waals surface area contributed by atoms with E-state index in [1.54, 1.807) is 11.8 Å². The van der Waals surface area contributed by atoms with Crippen molar-refractivity contribution in [1.82, 2.24) is 19.8 Å². The van der Waals surface area contributed by atoms with E-state index in [4.69, 9.17) is 4.74 Å². The molecule has 6 nitrogen and oxygen atoms in total. The Balaban J connectivity index is 1.46. The highest BCUT2D eigenvalue weighted by Crippen LogP contribution is 2.19. The van der Waals surface area contributed by atoms with Gasteiger partial charge in [-0.25, -0.2) is 9.97 Å². The normalized spacial score (nSPS) is 22.6. The number of hydrogen-bond donors (Lipinski definition) is 0. The molecule has 2 aliphatic heterocycles. The third-order valence-corrected chi connectivity index (χ3v) is 5.51. The minimum absolute atomic E-state index is 0.296. The summed E-state index contributed by atoms with van der Waals surface area (Å²) in [6.45, 7) is 6.06. The van der Waals surface area contributed by atoms with Crippen LogP contribution in [-0.2, 0) is 16.1 Å². The van der Waals surface area contributed by atoms with Crippen LogP contribution < -0.4 is 0 Å². The average Bonchev–Trinajstić information content (AvgIpc) is 2.89. The van der Waals surface area contributed by atoms with Crippen molar-refractivity contribution in [3.8, 4) is 0 Å². The zero-order chi connectivity index (χ0) is 17.5. The highest BCUT2D eigenvalue weighted by Gasteiger charge is 2.23. The second-order valence-electron chi connectivity index (χ2n) is 6.88. The lowest BCUT2D eigenvalue weighted by Gasteiger charge is -2.26. The molecule has 2 aliphatic rings. The molecule has 3 heterocycles. The molecule has 1 unspecified atom stereocenters. The Labute approximate surface area is 154 Å². The van der Waals surface area contributed by atoms with E-state index in [0.717, 1.165) is 75.9 Å². The standard InChI is InChI=1S/C18H28N4O2S/c1-25-18-19-11-16(12-20-18)13-21-5-3-6-22(8-7-21)17(23)10-15-4-2-9-24-14-15/h11-12,15H,2-10,13-14H2,1H3. The summed E-state index contributed by atoms with van der Waals surface area (Å²) in [5, 5.41) is 0.808. The number of rotatable bonds is 5. The molecule has 0 aromatic carbocycles. The van der Waals surface area contributed by atoms with Gasteiger partial charge in [0, 0.05) is 70.3 Å². The second-order valence-corrected chi connectivity index (χ2v) is 7.65. The van der Waals surface area contributed by atoms with Gasteiger partial charge in [-0.1, -0.05) is 11.8 Å². The summed E-state index contributed by atoms with van der Waals surface area (Å²) in [6.07, 6.45) is 9.68. The minimum atomic E-state index is 0.296. The lowest BCUT2D eigenvalue weighted by molar-refractivity contribution is -0.133. The first kappa shape index (κ1) is 18.6. The van der Waals surface area contributed by atoms with Crippen molar-refractivity contribution >= 4 is 17.7 Å². The number of amides is 1. The van der Waals surface area contributed by atoms with Gasteiger partial charge < -0.3 is 9.64 Å². The van der Waals surface area contributed by atoms with Crippen molar-refractivity contribution in [2.24, 2.45) is 5.92 Å². The number of nitrogens with zero attached hydrogens (tertiary/aromatic N) is 4. The van der Waals surface area contributed by atoms with Crippen LogP contribution in [0.3, 0.4) is 0 Å². The Morgan fingerprint density at radius 1 is 1.24 bits per heavy atom. The van der Waals surface area contributed by atoms with Crippen LogP contribution in [0.5, 0.6) is 0 Å². The first-order chi connectivity index (χ1) is 12.2. The Kier molecular flexibility index (Phi) is 7.07. The molecule has 1 aromatic rings. The third kappa shape index (κ3) is 5.66. The molecule has 1 amide bonds. The summed E-state index contributed by atoms with van der Waals surface area (Å²) in [4.78, 5) is 25.7. The third-order valence-electron chi connectivity index (χ3n) is 4.93. The summed E-state index contributed by atoms with van der Waals surface area (Å²) in [5.41, 5.74) is 1.14. The van der Waals surface area contributed by atoms with Crippen LogP contribution in [0.1, 0.15) is 31.2 Å². The van der Waals surface area contributed by atoms with Crippen LogP contribution >= 0.6 is 11.8 Å². The minimum Gasteiger partial charge on any atom is -0.381 e. The van der Waals surface area contributed by atoms with Gasteiger partial charge in [0.25, 0.3) is 0 Å². The molecule has 0 aliphatic carbocycles. The molecular weight excluding hydrogens is 336 g/mol. The molecule has 0 radical (unpaired) electrons. The molecule has 1 aromatic heterocycles. The maximum absolute atomic E-state index is 12.6. The van der Waals surface area contributed by atoms with Gasteiger partial charge >= 0.3 is 0 Å². The number of hydrogen-bond acceptors (Lipinski definition) is 6. The Bertz CT molecular complexity index is 549. The first-order valence-corrected chi connectivity index (χ1v) is 10.4. The topological polar surface area (TPSA) is 58.6 Å². The Morgan fingerprint density at radius 2 is 2.08 bits per heavy atom. The van der Waals surface area contributed by atoms with Crippen LogP contribution in [-0.4, -0.2) is 71.3 Å². The number of aromatic nitrogens is 2. The molecular formula is C18H28N4O2S. The largest absolute Gasteiger partial charge is 0.381 e. The average molecular weight is 365 g/mol. The van der Waals surface area contributed by atoms with Crippen LogP contribution in [0.25, 0.3) is 0 Å². The highest BCUT2D eigenvalue weighted by molar-refractivity contribution is 7.98. The van der Waals surface area contributed by atoms with E-state index in [1.807, 2.05) is 23.5 Å². The molecule has 0 N–H and O–H groups in total. The molecule has 7 heteroatoms. The van der Waals surface area contributed by atoms with Gasteiger partial charge in [-0.15, -0.1) is 0 Å². The van der Waals surface area contributed by atoms with E-state index >= 15 is 0 Å². The van der Waals surface area contributed by atoms with Gasteiger partial charge in [-0.05, 0) is 31.4 Å². The molecule has 0 saturated carbocycles. The summed E-state index contributed by atoms with van der Waals surface area (Å²) in [6, 6.07) is 0. The maximum atomic E-state index is 12.6. The fourth-order valence-corrected chi connectivity index (χ4v) is 3.83. The number of carbonyl (C=O) groups excluding carboxylic acids is 1. The molecule has 25 heavy (non-hydrogen) atoms. The van der Waals surface area contributed by atoms with Crippen molar-refractivity contribution in [1.29, 1.82) is 0 Å². The summed E-state index contributed by atoms with van der Waals surface area (Å²) in [7, 11) is 0. The predicted molar refractivity (Wildman–Crippen MR) is 98.4 cm³/mol. The SMILES string of the molecule is CSc1ncc(CN2CCCN(C(=O)CC3CCCOC3)CC2)cn1. The number of ether oxygens (including phenoxy) is 1. The van der Waals surface area contributed by atoms with Gasteiger partial charge in [0.2, 0.25) is 5.91 Å². The quantitative estimate of drug-likeness (QED) is 0.589. The number of thioether (sulfide) groups is 1. The Morgan fingerprint density at radius 3 is 2.80 bits per heavy atom. The van der Waals surface area contributed by atoms with Crippen LogP contribution in [0.2, 0.25) is 0 Å². The van der Waals surface area contributed by atoms with Crippen molar-refractivity contribution in [3.63, 3.8) is 0 Å². The molecule has 2 fully saturated rings. The smallest absolute Gasteiger partial charge is 0.222 e. The van der Waals surface area contributed by atoms with E-state index in [9.17, 15) is 4.79 Å². The van der Waals surface area contributed by atoms with E-state index in [0.29, 0.717) is 18.2 Å². The Hall–Kier alpha value is -1.18. The summed E-state index contributed by atoms with van der Waals surface area (Å²) >= 11 is 1.56. The fraction of sp³-hybridized carbons (Fsp3) is 0.722. The fourth-order valence-electron chi connectivity index (χ4n) is 3.51. The van der Waals surface area contributed by atoms with Crippen molar-refractivity contribution in [3.05, 3.63) is 18.0 Å². The predicted octanol–water partition coefficient (Wildman–Crippen LogP) is 2.05. The molecule has 3 rings (SSSR count). The lowest BCUT2D eigenvalue weighted by Crippen LogP contribution is -2.37. The number of carbonyl (C=O) groups is 1. The maximum Gasteiger partial charge on any atom is 0.222 e. The molecule has 2 saturated heterocycles. The zero-order valence-electron chi connectivity index (χ0n) is 15.0. The zero-order valence-corrected chi connectivity index (χ0v) is 15.8. The van der Waals surface area contributed by atoms with Crippen LogP contribution in [0, 0.1) is 5.92 Å². The van der Waals surface area contributed by atoms with Crippen LogP contribution in [0.4, 0.5) is 0 Å². The first-order valence-electron chi connectivity index (χ1n) is 9.17. The van der Waals surface area contributed by atoms with Gasteiger partial charge in [0.1, 0.15) is 0 Å². The van der Waals surface area contributed by atoms with E-state index < -0.39 is 0 Å². The second kappa shape index (κ2) is 9.50. The summed E-state index contributed by atoms with van der Waals surface area (Å²) < 4.78 is 5.50. The lowest BCUT2D eigenvalue weighted by atomic mass is 9.98. The molecule has 138 valence electrons. The van der Waals surface area contributed by atoms with Crippen molar-refractivity contribution in [2.75, 3.05) is 45.6 Å². The highest BCUT2D eigenvalue weighted by atomic mass is 32.2. The molecule has 0 bridgehead atoms. The van der Waals surface area contributed by atoms with Gasteiger partial charge in [-0.2, -0.15) is 0 Å².